The van der Waals surface area contributed by atoms with Crippen molar-refractivity contribution >= 4 is 33.7 Å². The average molecular weight is 384 g/mol. The van der Waals surface area contributed by atoms with E-state index in [0.717, 1.165) is 16.5 Å². The van der Waals surface area contributed by atoms with Gasteiger partial charge in [0.2, 0.25) is 5.65 Å². The number of nitrogens with zero attached hydrogens (tertiary/aromatic N) is 7. The summed E-state index contributed by atoms with van der Waals surface area (Å²) >= 11 is 0. The van der Waals surface area contributed by atoms with Crippen LogP contribution in [0.5, 0.6) is 5.75 Å². The van der Waals surface area contributed by atoms with Crippen LogP contribution in [-0.4, -0.2) is 42.0 Å². The summed E-state index contributed by atoms with van der Waals surface area (Å²) < 4.78 is 7.07. The van der Waals surface area contributed by atoms with Crippen LogP contribution in [-0.2, 0) is 6.54 Å². The molecule has 0 aliphatic rings. The SMILES string of the molecule is COc1ccncc1Nc1cnc2nnn(Cc3ccc4ncccc4c3)c2n1. The van der Waals surface area contributed by atoms with Gasteiger partial charge in [-0.3, -0.25) is 9.97 Å². The lowest BCUT2D eigenvalue weighted by Crippen LogP contribution is -2.04. The van der Waals surface area contributed by atoms with Crippen molar-refractivity contribution in [1.29, 1.82) is 0 Å². The number of hydrogen-bond donors (Lipinski definition) is 1. The Kier molecular flexibility index (Phi) is 4.17. The van der Waals surface area contributed by atoms with Crippen LogP contribution < -0.4 is 10.1 Å². The summed E-state index contributed by atoms with van der Waals surface area (Å²) in [6, 6.07) is 11.8. The Balaban J connectivity index is 1.47. The number of methoxy groups -OCH3 is 1. The lowest BCUT2D eigenvalue weighted by Gasteiger charge is -2.09. The molecule has 0 aliphatic heterocycles. The van der Waals surface area contributed by atoms with E-state index in [1.807, 2.05) is 24.3 Å². The molecule has 1 N–H and O–H groups in total. The van der Waals surface area contributed by atoms with Crippen LogP contribution >= 0.6 is 0 Å². The summed E-state index contributed by atoms with van der Waals surface area (Å²) in [6.07, 6.45) is 6.73. The molecule has 5 rings (SSSR count). The third-order valence-corrected chi connectivity index (χ3v) is 4.49. The van der Waals surface area contributed by atoms with Gasteiger partial charge >= 0.3 is 0 Å². The minimum atomic E-state index is 0.483. The molecule has 142 valence electrons. The highest BCUT2D eigenvalue weighted by Gasteiger charge is 2.11. The first-order chi connectivity index (χ1) is 14.3. The third kappa shape index (κ3) is 3.29. The van der Waals surface area contributed by atoms with E-state index < -0.39 is 0 Å². The molecule has 29 heavy (non-hydrogen) atoms. The van der Waals surface area contributed by atoms with E-state index in [0.29, 0.717) is 35.1 Å². The van der Waals surface area contributed by atoms with Crippen molar-refractivity contribution in [2.75, 3.05) is 12.4 Å². The van der Waals surface area contributed by atoms with Crippen molar-refractivity contribution in [3.8, 4) is 5.75 Å². The van der Waals surface area contributed by atoms with Gasteiger partial charge in [0.15, 0.2) is 11.5 Å². The number of hydrogen-bond acceptors (Lipinski definition) is 8. The van der Waals surface area contributed by atoms with Crippen LogP contribution in [0.2, 0.25) is 0 Å². The summed E-state index contributed by atoms with van der Waals surface area (Å²) in [5.41, 5.74) is 3.80. The van der Waals surface area contributed by atoms with E-state index in [-0.39, 0.29) is 0 Å². The summed E-state index contributed by atoms with van der Waals surface area (Å²) in [5, 5.41) is 12.6. The van der Waals surface area contributed by atoms with E-state index in [9.17, 15) is 0 Å². The number of ether oxygens (including phenoxy) is 1. The Bertz CT molecular complexity index is 1320. The molecule has 0 radical (unpaired) electrons. The van der Waals surface area contributed by atoms with Crippen LogP contribution in [0, 0.1) is 0 Å². The standard InChI is InChI=1S/C20H16N8O/c1-29-17-6-8-21-10-16(17)24-18-11-23-19-20(25-18)28(27-26-19)12-13-4-5-15-14(9-13)3-2-7-22-15/h2-11H,12H2,1H3,(H,24,25). The zero-order chi connectivity index (χ0) is 19.6. The molecule has 1 aromatic carbocycles. The van der Waals surface area contributed by atoms with E-state index in [1.165, 1.54) is 0 Å². The normalized spacial score (nSPS) is 11.1. The molecule has 4 aromatic heterocycles. The van der Waals surface area contributed by atoms with Gasteiger partial charge in [0.25, 0.3) is 0 Å². The predicted octanol–water partition coefficient (Wildman–Crippen LogP) is 2.97. The van der Waals surface area contributed by atoms with Gasteiger partial charge in [-0.1, -0.05) is 17.3 Å². The summed E-state index contributed by atoms with van der Waals surface area (Å²) in [4.78, 5) is 17.5. The molecule has 0 unspecified atom stereocenters. The molecule has 5 aromatic rings. The Labute approximate surface area is 165 Å². The maximum absolute atomic E-state index is 5.34. The van der Waals surface area contributed by atoms with Crippen LogP contribution in [0.25, 0.3) is 22.2 Å². The van der Waals surface area contributed by atoms with Gasteiger partial charge in [-0.05, 0) is 23.8 Å². The van der Waals surface area contributed by atoms with Crippen LogP contribution in [0.1, 0.15) is 5.56 Å². The molecule has 9 nitrogen and oxygen atoms in total. The molecular weight excluding hydrogens is 368 g/mol. The van der Waals surface area contributed by atoms with Crippen LogP contribution in [0.4, 0.5) is 11.5 Å². The highest BCUT2D eigenvalue weighted by atomic mass is 16.5. The lowest BCUT2D eigenvalue weighted by atomic mass is 10.1. The predicted molar refractivity (Wildman–Crippen MR) is 108 cm³/mol. The molecular formula is C20H16N8O. The second-order valence-electron chi connectivity index (χ2n) is 6.38. The summed E-state index contributed by atoms with van der Waals surface area (Å²) in [6.45, 7) is 0.523. The topological polar surface area (TPSA) is 104 Å². The maximum Gasteiger partial charge on any atom is 0.221 e. The molecule has 4 heterocycles. The van der Waals surface area contributed by atoms with Crippen molar-refractivity contribution in [3.05, 3.63) is 66.7 Å². The Morgan fingerprint density at radius 2 is 2.03 bits per heavy atom. The third-order valence-electron chi connectivity index (χ3n) is 4.49. The first-order valence-electron chi connectivity index (χ1n) is 8.95. The molecule has 0 spiro atoms. The second-order valence-corrected chi connectivity index (χ2v) is 6.38. The summed E-state index contributed by atoms with van der Waals surface area (Å²) in [7, 11) is 1.60. The summed E-state index contributed by atoms with van der Waals surface area (Å²) in [5.74, 6) is 1.22. The van der Waals surface area contributed by atoms with Crippen LogP contribution in [0.15, 0.2) is 61.2 Å². The molecule has 0 amide bonds. The lowest BCUT2D eigenvalue weighted by molar-refractivity contribution is 0.416. The Morgan fingerprint density at radius 1 is 1.07 bits per heavy atom. The van der Waals surface area contributed by atoms with Gasteiger partial charge in [0, 0.05) is 23.8 Å². The van der Waals surface area contributed by atoms with Gasteiger partial charge in [-0.2, -0.15) is 0 Å². The van der Waals surface area contributed by atoms with E-state index in [1.54, 1.807) is 42.6 Å². The number of pyridine rings is 2. The number of nitrogens with one attached hydrogen (secondary N) is 1. The molecule has 0 atom stereocenters. The van der Waals surface area contributed by atoms with Crippen molar-refractivity contribution in [1.82, 2.24) is 34.9 Å². The largest absolute Gasteiger partial charge is 0.494 e. The highest BCUT2D eigenvalue weighted by molar-refractivity contribution is 5.79. The van der Waals surface area contributed by atoms with Gasteiger partial charge in [0.05, 0.1) is 31.6 Å². The molecule has 0 saturated heterocycles. The monoisotopic (exact) mass is 384 g/mol. The van der Waals surface area contributed by atoms with Gasteiger partial charge in [0.1, 0.15) is 11.4 Å². The van der Waals surface area contributed by atoms with E-state index in [4.69, 9.17) is 4.74 Å². The molecule has 0 saturated carbocycles. The second kappa shape index (κ2) is 7.12. The smallest absolute Gasteiger partial charge is 0.221 e. The van der Waals surface area contributed by atoms with Gasteiger partial charge in [-0.15, -0.1) is 5.10 Å². The van der Waals surface area contributed by atoms with E-state index in [2.05, 4.69) is 41.6 Å². The zero-order valence-corrected chi connectivity index (χ0v) is 15.5. The fourth-order valence-corrected chi connectivity index (χ4v) is 3.11. The molecule has 0 fully saturated rings. The van der Waals surface area contributed by atoms with Crippen molar-refractivity contribution in [2.24, 2.45) is 0 Å². The number of anilines is 2. The fraction of sp³-hybridized carbons (Fsp3) is 0.100. The Hall–Kier alpha value is -4.14. The minimum Gasteiger partial charge on any atom is -0.494 e. The number of rotatable bonds is 5. The quantitative estimate of drug-likeness (QED) is 0.493. The molecule has 0 aliphatic carbocycles. The fourth-order valence-electron chi connectivity index (χ4n) is 3.11. The highest BCUT2D eigenvalue weighted by Crippen LogP contribution is 2.25. The van der Waals surface area contributed by atoms with E-state index >= 15 is 0 Å². The van der Waals surface area contributed by atoms with Gasteiger partial charge in [-0.25, -0.2) is 14.6 Å². The van der Waals surface area contributed by atoms with Crippen molar-refractivity contribution < 1.29 is 4.74 Å². The first kappa shape index (κ1) is 17.0. The number of aromatic nitrogens is 7. The zero-order valence-electron chi connectivity index (χ0n) is 15.5. The average Bonchev–Trinajstić information content (AvgIpc) is 3.16. The number of fused-ring (bicyclic) bond motifs is 2. The maximum atomic E-state index is 5.34. The van der Waals surface area contributed by atoms with Crippen molar-refractivity contribution in [3.63, 3.8) is 0 Å². The van der Waals surface area contributed by atoms with Gasteiger partial charge < -0.3 is 10.1 Å². The number of benzene rings is 1. The van der Waals surface area contributed by atoms with Crippen LogP contribution in [0.3, 0.4) is 0 Å². The molecule has 9 heteroatoms. The van der Waals surface area contributed by atoms with Crippen molar-refractivity contribution in [2.45, 2.75) is 6.54 Å². The Morgan fingerprint density at radius 3 is 2.97 bits per heavy atom. The first-order valence-corrected chi connectivity index (χ1v) is 8.95. The molecule has 0 bridgehead atoms. The minimum absolute atomic E-state index is 0.483.